The highest BCUT2D eigenvalue weighted by molar-refractivity contribution is 5.95. The number of hydrogen-bond donors (Lipinski definition) is 0. The number of hydrogen-bond acceptors (Lipinski definition) is 12. The Kier molecular flexibility index (Phi) is 12.9. The molecule has 0 N–H and O–H groups in total. The van der Waals surface area contributed by atoms with Gasteiger partial charge in [0.25, 0.3) is 0 Å². The molecular weight excluding hydrogens is 514 g/mol. The predicted molar refractivity (Wildman–Crippen MR) is 134 cm³/mol. The molecular formula is C26H27N3O10. The van der Waals surface area contributed by atoms with E-state index in [0.717, 1.165) is 0 Å². The van der Waals surface area contributed by atoms with Gasteiger partial charge in [-0.1, -0.05) is 24.3 Å². The van der Waals surface area contributed by atoms with Crippen molar-refractivity contribution >= 4 is 30.3 Å². The molecule has 2 aromatic rings. The lowest BCUT2D eigenvalue weighted by Gasteiger charge is -2.27. The first-order valence-electron chi connectivity index (χ1n) is 11.7. The highest BCUT2D eigenvalue weighted by Gasteiger charge is 2.39. The zero-order valence-corrected chi connectivity index (χ0v) is 21.4. The first kappa shape index (κ1) is 30.2. The predicted octanol–water partition coefficient (Wildman–Crippen LogP) is 3.46. The molecule has 13 heteroatoms. The van der Waals surface area contributed by atoms with Crippen molar-refractivity contribution in [2.45, 2.75) is 25.3 Å². The summed E-state index contributed by atoms with van der Waals surface area (Å²) in [4.78, 5) is 67.8. The minimum absolute atomic E-state index is 0.0205. The molecule has 2 aromatic carbocycles. The molecule has 0 aliphatic rings. The number of carbonyl (C=O) groups excluding carboxylic acids is 5. The Morgan fingerprint density at radius 1 is 0.769 bits per heavy atom. The first-order valence-corrected chi connectivity index (χ1v) is 11.7. The van der Waals surface area contributed by atoms with Crippen LogP contribution in [0, 0.1) is 0 Å². The number of para-hydroxylation sites is 4. The summed E-state index contributed by atoms with van der Waals surface area (Å²) in [6.07, 6.45) is 0.725. The summed E-state index contributed by atoms with van der Waals surface area (Å²) in [6, 6.07) is 10.9. The van der Waals surface area contributed by atoms with Crippen LogP contribution in [0.5, 0.6) is 23.0 Å². The normalized spacial score (nSPS) is 10.6. The number of isocyanates is 2. The molecule has 0 aliphatic carbocycles. The van der Waals surface area contributed by atoms with E-state index in [9.17, 15) is 24.0 Å². The summed E-state index contributed by atoms with van der Waals surface area (Å²) < 4.78 is 26.4. The Balaban J connectivity index is 2.43. The Morgan fingerprint density at radius 3 is 1.74 bits per heavy atom. The molecule has 2 rings (SSSR count). The molecule has 0 spiro atoms. The zero-order chi connectivity index (χ0) is 28.5. The third-order valence-corrected chi connectivity index (χ3v) is 5.08. The number of unbranched alkanes of at least 4 members (excludes halogenated alkanes) is 1. The summed E-state index contributed by atoms with van der Waals surface area (Å²) >= 11 is 0. The van der Waals surface area contributed by atoms with E-state index in [1.165, 1.54) is 50.6 Å². The van der Waals surface area contributed by atoms with Crippen LogP contribution in [0.25, 0.3) is 0 Å². The van der Waals surface area contributed by atoms with Crippen molar-refractivity contribution in [3.05, 3.63) is 48.5 Å². The van der Waals surface area contributed by atoms with Crippen LogP contribution in [0.3, 0.4) is 0 Å². The monoisotopic (exact) mass is 541 g/mol. The minimum atomic E-state index is -1.52. The molecule has 0 aliphatic heterocycles. The number of benzene rings is 2. The van der Waals surface area contributed by atoms with Crippen molar-refractivity contribution in [3.8, 4) is 23.0 Å². The van der Waals surface area contributed by atoms with Gasteiger partial charge >= 0.3 is 18.2 Å². The van der Waals surface area contributed by atoms with Gasteiger partial charge < -0.3 is 23.7 Å². The molecule has 0 fully saturated rings. The molecule has 1 atom stereocenters. The van der Waals surface area contributed by atoms with Gasteiger partial charge in [0.05, 0.1) is 27.3 Å². The van der Waals surface area contributed by atoms with E-state index in [4.69, 9.17) is 23.7 Å². The molecule has 39 heavy (non-hydrogen) atoms. The molecule has 0 radical (unpaired) electrons. The second-order valence-electron chi connectivity index (χ2n) is 7.53. The highest BCUT2D eigenvalue weighted by atomic mass is 16.6. The van der Waals surface area contributed by atoms with Crippen LogP contribution in [0.1, 0.15) is 19.3 Å². The number of methoxy groups -OCH3 is 2. The Hall–Kier alpha value is -4.99. The van der Waals surface area contributed by atoms with Gasteiger partial charge in [0.1, 0.15) is 12.6 Å². The van der Waals surface area contributed by atoms with Crippen LogP contribution in [-0.4, -0.2) is 75.2 Å². The number of imide groups is 1. The average Bonchev–Trinajstić information content (AvgIpc) is 2.94. The highest BCUT2D eigenvalue weighted by Crippen LogP contribution is 2.29. The van der Waals surface area contributed by atoms with E-state index in [2.05, 4.69) is 9.98 Å². The van der Waals surface area contributed by atoms with Gasteiger partial charge in [0.15, 0.2) is 23.0 Å². The Morgan fingerprint density at radius 2 is 1.26 bits per heavy atom. The van der Waals surface area contributed by atoms with Crippen molar-refractivity contribution in [2.75, 3.05) is 33.9 Å². The quantitative estimate of drug-likeness (QED) is 0.150. The topological polar surface area (TPSA) is 159 Å². The van der Waals surface area contributed by atoms with Gasteiger partial charge in [-0.05, 0) is 43.5 Å². The van der Waals surface area contributed by atoms with Crippen LogP contribution in [0.15, 0.2) is 58.5 Å². The van der Waals surface area contributed by atoms with E-state index in [-0.39, 0.29) is 55.5 Å². The third kappa shape index (κ3) is 9.43. The van der Waals surface area contributed by atoms with Gasteiger partial charge in [0.2, 0.25) is 12.2 Å². The first-order chi connectivity index (χ1) is 19.0. The number of carbonyl (C=O) groups is 3. The van der Waals surface area contributed by atoms with Gasteiger partial charge in [-0.3, -0.25) is 0 Å². The number of nitrogens with zero attached hydrogens (tertiary/aromatic N) is 3. The maximum absolute atomic E-state index is 13.4. The molecule has 13 nitrogen and oxygen atoms in total. The minimum Gasteiger partial charge on any atom is -0.493 e. The fourth-order valence-corrected chi connectivity index (χ4v) is 3.28. The van der Waals surface area contributed by atoms with Gasteiger partial charge in [-0.2, -0.15) is 4.90 Å². The standard InChI is InChI=1S/C26H27N3O10/c1-35-20-10-3-5-12-22(20)38-25(33)29(26(34)39-23-13-6-4-11-21(23)36-2)19(9-7-8-14-27-17-30)24(32)37-16-15-28-18-31/h3-6,10-13,19H,7-9,14-16H2,1-2H3. The van der Waals surface area contributed by atoms with E-state index in [0.29, 0.717) is 11.3 Å². The van der Waals surface area contributed by atoms with Crippen LogP contribution in [0.2, 0.25) is 0 Å². The number of esters is 1. The summed E-state index contributed by atoms with van der Waals surface area (Å²) in [5.41, 5.74) is 0. The van der Waals surface area contributed by atoms with Crippen molar-refractivity contribution in [2.24, 2.45) is 9.98 Å². The second kappa shape index (κ2) is 16.7. The average molecular weight is 542 g/mol. The van der Waals surface area contributed by atoms with Gasteiger partial charge in [0, 0.05) is 0 Å². The second-order valence-corrected chi connectivity index (χ2v) is 7.53. The molecule has 0 heterocycles. The zero-order valence-electron chi connectivity index (χ0n) is 21.4. The lowest BCUT2D eigenvalue weighted by molar-refractivity contribution is -0.148. The molecule has 0 saturated carbocycles. The van der Waals surface area contributed by atoms with E-state index >= 15 is 0 Å². The molecule has 206 valence electrons. The van der Waals surface area contributed by atoms with E-state index < -0.39 is 24.2 Å². The van der Waals surface area contributed by atoms with Crippen LogP contribution in [-0.2, 0) is 19.1 Å². The summed E-state index contributed by atoms with van der Waals surface area (Å²) in [6.45, 7) is -0.360. The largest absolute Gasteiger partial charge is 0.493 e. The summed E-state index contributed by atoms with van der Waals surface area (Å²) in [7, 11) is 2.73. The Labute approximate surface area is 224 Å². The molecule has 0 saturated heterocycles. The fourth-order valence-electron chi connectivity index (χ4n) is 3.28. The summed E-state index contributed by atoms with van der Waals surface area (Å²) in [5.74, 6) is -0.632. The van der Waals surface area contributed by atoms with Crippen molar-refractivity contribution < 1.29 is 47.7 Å². The number of amides is 2. The van der Waals surface area contributed by atoms with E-state index in [1.807, 2.05) is 0 Å². The molecule has 1 unspecified atom stereocenters. The Bertz CT molecular complexity index is 1160. The lowest BCUT2D eigenvalue weighted by Crippen LogP contribution is -2.51. The fraction of sp³-hybridized carbons (Fsp3) is 0.346. The van der Waals surface area contributed by atoms with Crippen molar-refractivity contribution in [3.63, 3.8) is 0 Å². The van der Waals surface area contributed by atoms with Gasteiger partial charge in [-0.25, -0.2) is 34.0 Å². The molecule has 0 bridgehead atoms. The van der Waals surface area contributed by atoms with Gasteiger partial charge in [-0.15, -0.1) is 0 Å². The molecule has 2 amide bonds. The SMILES string of the molecule is COc1ccccc1OC(=O)N(C(=O)Oc1ccccc1OC)C(CCCCN=C=O)C(=O)OCCN=C=O. The third-order valence-electron chi connectivity index (χ3n) is 5.08. The van der Waals surface area contributed by atoms with Crippen LogP contribution in [0.4, 0.5) is 9.59 Å². The van der Waals surface area contributed by atoms with Crippen LogP contribution >= 0.6 is 0 Å². The summed E-state index contributed by atoms with van der Waals surface area (Å²) in [5, 5.41) is 0. The maximum atomic E-state index is 13.4. The number of ether oxygens (including phenoxy) is 5. The number of rotatable bonds is 14. The van der Waals surface area contributed by atoms with Crippen LogP contribution < -0.4 is 18.9 Å². The number of aliphatic imine (C=N–C) groups is 2. The smallest absolute Gasteiger partial charge is 0.425 e. The lowest BCUT2D eigenvalue weighted by atomic mass is 10.1. The van der Waals surface area contributed by atoms with Crippen molar-refractivity contribution in [1.29, 1.82) is 0 Å². The molecule has 0 aromatic heterocycles. The van der Waals surface area contributed by atoms with E-state index in [1.54, 1.807) is 24.3 Å². The maximum Gasteiger partial charge on any atom is 0.425 e. The van der Waals surface area contributed by atoms with Crippen molar-refractivity contribution in [1.82, 2.24) is 4.90 Å².